The minimum Gasteiger partial charge on any atom is -0.493 e. The highest BCUT2D eigenvalue weighted by molar-refractivity contribution is 9.10. The van der Waals surface area contributed by atoms with Crippen molar-refractivity contribution in [2.24, 2.45) is 0 Å². The first-order valence-corrected chi connectivity index (χ1v) is 10.4. The molecule has 0 aliphatic carbocycles. The van der Waals surface area contributed by atoms with Gasteiger partial charge in [-0.3, -0.25) is 9.69 Å². The van der Waals surface area contributed by atoms with Crippen LogP contribution in [-0.4, -0.2) is 57.0 Å². The average molecular weight is 480 g/mol. The number of nitrogens with zero attached hydrogens (tertiary/aromatic N) is 1. The molecule has 2 aromatic rings. The van der Waals surface area contributed by atoms with Crippen molar-refractivity contribution in [3.63, 3.8) is 0 Å². The van der Waals surface area contributed by atoms with E-state index < -0.39 is 12.0 Å². The number of carboxylic acids is 1. The summed E-state index contributed by atoms with van der Waals surface area (Å²) in [6, 6.07) is 8.48. The first-order valence-electron chi connectivity index (χ1n) is 9.57. The third-order valence-electron chi connectivity index (χ3n) is 5.43. The lowest BCUT2D eigenvalue weighted by Crippen LogP contribution is -2.39. The van der Waals surface area contributed by atoms with Crippen LogP contribution in [-0.2, 0) is 4.79 Å². The molecular weight excluding hydrogens is 454 g/mol. The van der Waals surface area contributed by atoms with Crippen LogP contribution < -0.4 is 18.9 Å². The second-order valence-electron chi connectivity index (χ2n) is 6.98. The minimum atomic E-state index is -0.824. The fraction of sp³-hybridized carbons (Fsp3) is 0.409. The predicted octanol–water partition coefficient (Wildman–Crippen LogP) is 4.12. The molecule has 0 saturated carbocycles. The summed E-state index contributed by atoms with van der Waals surface area (Å²) in [5.74, 6) is 1.54. The van der Waals surface area contributed by atoms with Gasteiger partial charge >= 0.3 is 5.97 Å². The van der Waals surface area contributed by atoms with Gasteiger partial charge in [-0.15, -0.1) is 0 Å². The largest absolute Gasteiger partial charge is 0.493 e. The zero-order valence-electron chi connectivity index (χ0n) is 17.5. The summed E-state index contributed by atoms with van der Waals surface area (Å²) < 4.78 is 22.6. The van der Waals surface area contributed by atoms with Crippen molar-refractivity contribution >= 4 is 21.9 Å². The third-order valence-corrected chi connectivity index (χ3v) is 6.12. The molecule has 7 nitrogen and oxygen atoms in total. The van der Waals surface area contributed by atoms with Gasteiger partial charge in [-0.25, -0.2) is 0 Å². The molecule has 0 spiro atoms. The van der Waals surface area contributed by atoms with E-state index in [1.165, 1.54) is 0 Å². The predicted molar refractivity (Wildman–Crippen MR) is 116 cm³/mol. The molecular formula is C22H26BrNO6. The van der Waals surface area contributed by atoms with Gasteiger partial charge in [0.05, 0.1) is 34.5 Å². The SMILES string of the molecule is COc1ccc(C(c2cc(OC)c(OC)cc2Br)N2CCCC2C(=O)O)cc1OC. The van der Waals surface area contributed by atoms with E-state index in [9.17, 15) is 9.90 Å². The minimum absolute atomic E-state index is 0.331. The van der Waals surface area contributed by atoms with E-state index in [0.29, 0.717) is 36.0 Å². The number of aliphatic carboxylic acids is 1. The van der Waals surface area contributed by atoms with Gasteiger partial charge in [0.15, 0.2) is 23.0 Å². The topological polar surface area (TPSA) is 77.5 Å². The fourth-order valence-corrected chi connectivity index (χ4v) is 4.55. The number of carboxylic acid groups (broad SMARTS) is 1. The number of methoxy groups -OCH3 is 4. The molecule has 1 saturated heterocycles. The van der Waals surface area contributed by atoms with Crippen LogP contribution in [0.25, 0.3) is 0 Å². The molecule has 0 radical (unpaired) electrons. The summed E-state index contributed by atoms with van der Waals surface area (Å²) >= 11 is 3.65. The van der Waals surface area contributed by atoms with Crippen LogP contribution in [0.2, 0.25) is 0 Å². The van der Waals surface area contributed by atoms with E-state index in [-0.39, 0.29) is 6.04 Å². The molecule has 0 aromatic heterocycles. The van der Waals surface area contributed by atoms with Crippen molar-refractivity contribution in [2.45, 2.75) is 24.9 Å². The van der Waals surface area contributed by atoms with Gasteiger partial charge in [0.2, 0.25) is 0 Å². The molecule has 1 aliphatic heterocycles. The van der Waals surface area contributed by atoms with Gasteiger partial charge in [-0.1, -0.05) is 22.0 Å². The number of ether oxygens (including phenoxy) is 4. The molecule has 1 N–H and O–H groups in total. The van der Waals surface area contributed by atoms with Crippen molar-refractivity contribution in [3.8, 4) is 23.0 Å². The summed E-state index contributed by atoms with van der Waals surface area (Å²) in [6.07, 6.45) is 1.41. The summed E-state index contributed by atoms with van der Waals surface area (Å²) in [5.41, 5.74) is 1.78. The lowest BCUT2D eigenvalue weighted by molar-refractivity contribution is -0.142. The first kappa shape index (κ1) is 22.2. The number of halogens is 1. The number of rotatable bonds is 8. The monoisotopic (exact) mass is 479 g/mol. The van der Waals surface area contributed by atoms with Crippen LogP contribution in [0.5, 0.6) is 23.0 Å². The number of benzene rings is 2. The van der Waals surface area contributed by atoms with Gasteiger partial charge < -0.3 is 24.1 Å². The summed E-state index contributed by atoms with van der Waals surface area (Å²) in [5, 5.41) is 9.82. The molecule has 0 bridgehead atoms. The Morgan fingerprint density at radius 2 is 1.60 bits per heavy atom. The van der Waals surface area contributed by atoms with Crippen molar-refractivity contribution in [1.82, 2.24) is 4.90 Å². The molecule has 0 amide bonds. The van der Waals surface area contributed by atoms with Crippen molar-refractivity contribution in [2.75, 3.05) is 35.0 Å². The Balaban J connectivity index is 2.20. The van der Waals surface area contributed by atoms with Crippen LogP contribution in [0.3, 0.4) is 0 Å². The van der Waals surface area contributed by atoms with Crippen molar-refractivity contribution in [1.29, 1.82) is 0 Å². The van der Waals surface area contributed by atoms with Crippen LogP contribution in [0.1, 0.15) is 30.0 Å². The van der Waals surface area contributed by atoms with Crippen LogP contribution in [0, 0.1) is 0 Å². The second kappa shape index (κ2) is 9.57. The highest BCUT2D eigenvalue weighted by Crippen LogP contribution is 2.44. The normalized spacial score (nSPS) is 17.4. The van der Waals surface area contributed by atoms with Gasteiger partial charge in [0.1, 0.15) is 6.04 Å². The van der Waals surface area contributed by atoms with E-state index in [4.69, 9.17) is 18.9 Å². The van der Waals surface area contributed by atoms with Crippen LogP contribution in [0.4, 0.5) is 0 Å². The molecule has 1 fully saturated rings. The number of hydrogen-bond donors (Lipinski definition) is 1. The fourth-order valence-electron chi connectivity index (χ4n) is 4.02. The summed E-state index contributed by atoms with van der Waals surface area (Å²) in [6.45, 7) is 0.663. The number of likely N-dealkylation sites (tertiary alicyclic amines) is 1. The molecule has 1 heterocycles. The molecule has 8 heteroatoms. The summed E-state index contributed by atoms with van der Waals surface area (Å²) in [4.78, 5) is 14.0. The Kier molecular flexibility index (Phi) is 7.10. The molecule has 2 atom stereocenters. The Morgan fingerprint density at radius 1 is 1.00 bits per heavy atom. The molecule has 2 aromatic carbocycles. The van der Waals surface area contributed by atoms with Gasteiger partial charge in [-0.2, -0.15) is 0 Å². The van der Waals surface area contributed by atoms with E-state index in [1.807, 2.05) is 35.2 Å². The van der Waals surface area contributed by atoms with E-state index >= 15 is 0 Å². The molecule has 30 heavy (non-hydrogen) atoms. The number of carbonyl (C=O) groups is 1. The van der Waals surface area contributed by atoms with Crippen LogP contribution >= 0.6 is 15.9 Å². The Labute approximate surface area is 184 Å². The van der Waals surface area contributed by atoms with Crippen LogP contribution in [0.15, 0.2) is 34.8 Å². The summed E-state index contributed by atoms with van der Waals surface area (Å²) in [7, 11) is 6.33. The highest BCUT2D eigenvalue weighted by Gasteiger charge is 2.38. The number of hydrogen-bond acceptors (Lipinski definition) is 6. The smallest absolute Gasteiger partial charge is 0.320 e. The molecule has 3 rings (SSSR count). The Bertz CT molecular complexity index is 919. The molecule has 2 unspecified atom stereocenters. The highest BCUT2D eigenvalue weighted by atomic mass is 79.9. The molecule has 1 aliphatic rings. The zero-order valence-corrected chi connectivity index (χ0v) is 19.1. The first-order chi connectivity index (χ1) is 14.4. The van der Waals surface area contributed by atoms with Gasteiger partial charge in [0, 0.05) is 11.0 Å². The lowest BCUT2D eigenvalue weighted by atomic mass is 9.95. The quantitative estimate of drug-likeness (QED) is 0.609. The van der Waals surface area contributed by atoms with Gasteiger partial charge in [0.25, 0.3) is 0 Å². The third kappa shape index (κ3) is 4.20. The maximum Gasteiger partial charge on any atom is 0.320 e. The van der Waals surface area contributed by atoms with E-state index in [2.05, 4.69) is 15.9 Å². The maximum atomic E-state index is 12.0. The molecule has 162 valence electrons. The van der Waals surface area contributed by atoms with Crippen molar-refractivity contribution in [3.05, 3.63) is 45.9 Å². The zero-order chi connectivity index (χ0) is 21.8. The van der Waals surface area contributed by atoms with Crippen molar-refractivity contribution < 1.29 is 28.8 Å². The van der Waals surface area contributed by atoms with E-state index in [0.717, 1.165) is 22.0 Å². The average Bonchev–Trinajstić information content (AvgIpc) is 3.24. The maximum absolute atomic E-state index is 12.0. The van der Waals surface area contributed by atoms with E-state index in [1.54, 1.807) is 28.4 Å². The standard InChI is InChI=1S/C22H26BrNO6/c1-27-17-8-7-13(10-18(17)28-2)21(24-9-5-6-16(24)22(25)26)14-11-19(29-3)20(30-4)12-15(14)23/h7-8,10-12,16,21H,5-6,9H2,1-4H3,(H,25,26). The Hall–Kier alpha value is -2.45. The second-order valence-corrected chi connectivity index (χ2v) is 7.83. The lowest BCUT2D eigenvalue weighted by Gasteiger charge is -2.33. The van der Waals surface area contributed by atoms with Gasteiger partial charge in [-0.05, 0) is 48.2 Å². The Morgan fingerprint density at radius 3 is 2.20 bits per heavy atom.